The summed E-state index contributed by atoms with van der Waals surface area (Å²) in [7, 11) is 0. The molecular formula is C30H45N4O2+. The van der Waals surface area contributed by atoms with Gasteiger partial charge in [0, 0.05) is 38.3 Å². The highest BCUT2D eigenvalue weighted by Gasteiger charge is 2.31. The summed E-state index contributed by atoms with van der Waals surface area (Å²) in [4.78, 5) is 21.1. The molecule has 0 aromatic rings. The SMILES string of the molecule is C#[N+]C(NC=C(C)CC)N1CCC(COC2C=CC(C3=CCC(C(=O)N4CCCC4)CC3)=CC2)CC1. The van der Waals surface area contributed by atoms with Crippen LogP contribution in [0.3, 0.4) is 0 Å². The van der Waals surface area contributed by atoms with Gasteiger partial charge in [-0.2, -0.15) is 0 Å². The van der Waals surface area contributed by atoms with Crippen molar-refractivity contribution < 1.29 is 9.53 Å². The molecule has 6 nitrogen and oxygen atoms in total. The lowest BCUT2D eigenvalue weighted by Gasteiger charge is -2.31. The summed E-state index contributed by atoms with van der Waals surface area (Å²) in [6, 6.07) is 0. The van der Waals surface area contributed by atoms with E-state index >= 15 is 0 Å². The van der Waals surface area contributed by atoms with Crippen LogP contribution in [0.2, 0.25) is 0 Å². The van der Waals surface area contributed by atoms with Crippen molar-refractivity contribution in [2.24, 2.45) is 11.8 Å². The molecule has 0 saturated carbocycles. The number of amides is 1. The van der Waals surface area contributed by atoms with Gasteiger partial charge in [0.15, 0.2) is 0 Å². The molecule has 2 saturated heterocycles. The van der Waals surface area contributed by atoms with E-state index in [1.54, 1.807) is 0 Å². The number of rotatable bonds is 9. The number of ether oxygens (including phenoxy) is 1. The normalized spacial score (nSPS) is 26.8. The van der Waals surface area contributed by atoms with E-state index in [2.05, 4.69) is 58.1 Å². The van der Waals surface area contributed by atoms with E-state index in [9.17, 15) is 4.79 Å². The molecule has 6 heteroatoms. The van der Waals surface area contributed by atoms with Gasteiger partial charge in [0.05, 0.1) is 12.7 Å². The monoisotopic (exact) mass is 493 g/mol. The van der Waals surface area contributed by atoms with Crippen LogP contribution in [0, 0.1) is 18.4 Å². The molecule has 0 spiro atoms. The average Bonchev–Trinajstić information content (AvgIpc) is 3.48. The summed E-state index contributed by atoms with van der Waals surface area (Å²) in [6.45, 7) is 14.6. The molecule has 2 aliphatic carbocycles. The number of likely N-dealkylation sites (tertiary alicyclic amines) is 2. The summed E-state index contributed by atoms with van der Waals surface area (Å²) in [6.07, 6.45) is 20.5. The van der Waals surface area contributed by atoms with E-state index in [1.165, 1.54) is 29.6 Å². The largest absolute Gasteiger partial charge is 0.405 e. The van der Waals surface area contributed by atoms with Crippen LogP contribution in [-0.2, 0) is 9.53 Å². The first kappa shape index (κ1) is 26.7. The van der Waals surface area contributed by atoms with E-state index in [0.29, 0.717) is 11.8 Å². The molecule has 0 bridgehead atoms. The smallest absolute Gasteiger partial charge is 0.374 e. The van der Waals surface area contributed by atoms with Gasteiger partial charge in [-0.05, 0) is 86.6 Å². The Bertz CT molecular complexity index is 914. The second-order valence-electron chi connectivity index (χ2n) is 10.9. The molecule has 2 heterocycles. The van der Waals surface area contributed by atoms with Gasteiger partial charge in [0.25, 0.3) is 6.57 Å². The van der Waals surface area contributed by atoms with Crippen LogP contribution >= 0.6 is 0 Å². The zero-order valence-corrected chi connectivity index (χ0v) is 22.3. The van der Waals surface area contributed by atoms with Crippen LogP contribution in [0.5, 0.6) is 0 Å². The number of piperidine rings is 1. The maximum absolute atomic E-state index is 12.7. The van der Waals surface area contributed by atoms with Gasteiger partial charge >= 0.3 is 6.29 Å². The first-order valence-electron chi connectivity index (χ1n) is 14.1. The first-order valence-corrected chi connectivity index (χ1v) is 14.1. The molecule has 2 fully saturated rings. The quantitative estimate of drug-likeness (QED) is 0.463. The summed E-state index contributed by atoms with van der Waals surface area (Å²) in [5.41, 5.74) is 4.02. The third-order valence-corrected chi connectivity index (χ3v) is 8.33. The Hall–Kier alpha value is -2.36. The van der Waals surface area contributed by atoms with Gasteiger partial charge in [-0.25, -0.2) is 4.90 Å². The Morgan fingerprint density at radius 2 is 1.97 bits per heavy atom. The molecule has 0 aromatic carbocycles. The van der Waals surface area contributed by atoms with E-state index < -0.39 is 0 Å². The number of carbonyl (C=O) groups is 1. The van der Waals surface area contributed by atoms with Crippen LogP contribution in [0.15, 0.2) is 47.2 Å². The van der Waals surface area contributed by atoms with Crippen LogP contribution in [0.25, 0.3) is 4.85 Å². The van der Waals surface area contributed by atoms with E-state index in [0.717, 1.165) is 77.7 Å². The molecular weight excluding hydrogens is 448 g/mol. The fourth-order valence-corrected chi connectivity index (χ4v) is 5.66. The number of allylic oxidation sites excluding steroid dienone is 5. The van der Waals surface area contributed by atoms with Crippen molar-refractivity contribution in [2.75, 3.05) is 32.8 Å². The lowest BCUT2D eigenvalue weighted by Crippen LogP contribution is -2.46. The zero-order chi connectivity index (χ0) is 25.3. The number of hydrogen-bond acceptors (Lipinski definition) is 4. The third-order valence-electron chi connectivity index (χ3n) is 8.33. The molecule has 196 valence electrons. The second-order valence-corrected chi connectivity index (χ2v) is 10.9. The molecule has 3 atom stereocenters. The van der Waals surface area contributed by atoms with Crippen LogP contribution < -0.4 is 5.32 Å². The molecule has 2 aliphatic heterocycles. The summed E-state index contributed by atoms with van der Waals surface area (Å²) < 4.78 is 6.29. The van der Waals surface area contributed by atoms with E-state index in [4.69, 9.17) is 11.3 Å². The van der Waals surface area contributed by atoms with Gasteiger partial charge in [-0.3, -0.25) is 4.79 Å². The molecule has 4 rings (SSSR count). The molecule has 4 aliphatic rings. The van der Waals surface area contributed by atoms with Crippen molar-refractivity contribution in [3.8, 4) is 6.57 Å². The highest BCUT2D eigenvalue weighted by Crippen LogP contribution is 2.32. The standard InChI is InChI=1S/C30H45N4O2/c1-4-23(2)21-32-30(31-3)34-19-15-24(16-20-34)22-36-28-13-11-26(12-14-28)25-7-9-27(10-8-25)29(35)33-17-5-6-18-33/h3,7,11-13,21,24,27-28,30,32H,4-6,8-10,14-20,22H2,1-2H3/q+1. The third kappa shape index (κ3) is 7.11. The minimum atomic E-state index is -0.152. The van der Waals surface area contributed by atoms with Crippen LogP contribution in [-0.4, -0.2) is 60.9 Å². The maximum atomic E-state index is 12.7. The molecule has 3 unspecified atom stereocenters. The van der Waals surface area contributed by atoms with E-state index in [1.807, 2.05) is 6.20 Å². The lowest BCUT2D eigenvalue weighted by atomic mass is 9.84. The summed E-state index contributed by atoms with van der Waals surface area (Å²) >= 11 is 0. The molecule has 1 N–H and O–H groups in total. The van der Waals surface area contributed by atoms with Crippen LogP contribution in [0.1, 0.15) is 71.6 Å². The minimum absolute atomic E-state index is 0.152. The predicted molar refractivity (Wildman–Crippen MR) is 146 cm³/mol. The van der Waals surface area contributed by atoms with Gasteiger partial charge in [-0.15, -0.1) is 0 Å². The Morgan fingerprint density at radius 1 is 1.19 bits per heavy atom. The topological polar surface area (TPSA) is 49.2 Å². The van der Waals surface area contributed by atoms with Crippen molar-refractivity contribution >= 4 is 5.91 Å². The number of carbonyl (C=O) groups excluding carboxylic acids is 1. The lowest BCUT2D eigenvalue weighted by molar-refractivity contribution is -0.134. The molecule has 0 radical (unpaired) electrons. The van der Waals surface area contributed by atoms with Gasteiger partial charge < -0.3 is 15.0 Å². The predicted octanol–water partition coefficient (Wildman–Crippen LogP) is 5.47. The number of nitrogens with zero attached hydrogens (tertiary/aromatic N) is 3. The maximum Gasteiger partial charge on any atom is 0.405 e. The highest BCUT2D eigenvalue weighted by atomic mass is 16.5. The minimum Gasteiger partial charge on any atom is -0.374 e. The van der Waals surface area contributed by atoms with Crippen molar-refractivity contribution in [2.45, 2.75) is 84.0 Å². The highest BCUT2D eigenvalue weighted by molar-refractivity contribution is 5.79. The van der Waals surface area contributed by atoms with Crippen LogP contribution in [0.4, 0.5) is 0 Å². The summed E-state index contributed by atoms with van der Waals surface area (Å²) in [5.74, 6) is 1.14. The zero-order valence-electron chi connectivity index (χ0n) is 22.3. The number of hydrogen-bond donors (Lipinski definition) is 1. The Labute approximate surface area is 217 Å². The van der Waals surface area contributed by atoms with E-state index in [-0.39, 0.29) is 18.3 Å². The fourth-order valence-electron chi connectivity index (χ4n) is 5.66. The Kier molecular flexibility index (Phi) is 9.83. The molecule has 0 aromatic heterocycles. The van der Waals surface area contributed by atoms with Crippen molar-refractivity contribution in [3.05, 3.63) is 52.1 Å². The Balaban J connectivity index is 1.16. The van der Waals surface area contributed by atoms with Crippen molar-refractivity contribution in [3.63, 3.8) is 0 Å². The fraction of sp³-hybridized carbons (Fsp3) is 0.667. The van der Waals surface area contributed by atoms with Gasteiger partial charge in [0.2, 0.25) is 5.91 Å². The summed E-state index contributed by atoms with van der Waals surface area (Å²) in [5, 5.41) is 3.34. The van der Waals surface area contributed by atoms with Gasteiger partial charge in [0.1, 0.15) is 0 Å². The van der Waals surface area contributed by atoms with Crippen molar-refractivity contribution in [1.82, 2.24) is 15.1 Å². The van der Waals surface area contributed by atoms with Crippen molar-refractivity contribution in [1.29, 1.82) is 0 Å². The first-order chi connectivity index (χ1) is 17.6. The molecule has 36 heavy (non-hydrogen) atoms. The van der Waals surface area contributed by atoms with Gasteiger partial charge in [-0.1, -0.05) is 36.8 Å². The Morgan fingerprint density at radius 3 is 2.58 bits per heavy atom. The second kappa shape index (κ2) is 13.3. The molecule has 1 amide bonds. The number of nitrogens with one attached hydrogen (secondary N) is 1. The average molecular weight is 494 g/mol.